The van der Waals surface area contributed by atoms with E-state index in [1.54, 1.807) is 24.3 Å². The first-order valence-corrected chi connectivity index (χ1v) is 5.07. The Bertz CT molecular complexity index is 617. The van der Waals surface area contributed by atoms with Crippen LogP contribution in [-0.4, -0.2) is 17.1 Å². The van der Waals surface area contributed by atoms with Gasteiger partial charge in [-0.05, 0) is 12.1 Å². The minimum absolute atomic E-state index is 0.0392. The fourth-order valence-electron chi connectivity index (χ4n) is 1.58. The Labute approximate surface area is 96.5 Å². The average molecular weight is 233 g/mol. The van der Waals surface area contributed by atoms with Crippen molar-refractivity contribution in [3.05, 3.63) is 46.3 Å². The number of benzene rings is 1. The Balaban J connectivity index is 2.46. The van der Waals surface area contributed by atoms with Gasteiger partial charge in [0.15, 0.2) is 5.43 Å². The third-order valence-electron chi connectivity index (χ3n) is 2.51. The molecule has 0 spiro atoms. The van der Waals surface area contributed by atoms with Crippen LogP contribution in [0.15, 0.2) is 39.7 Å². The molecule has 2 rings (SSSR count). The zero-order valence-corrected chi connectivity index (χ0v) is 8.92. The van der Waals surface area contributed by atoms with Crippen molar-refractivity contribution < 1.29 is 14.3 Å². The fourth-order valence-corrected chi connectivity index (χ4v) is 1.58. The van der Waals surface area contributed by atoms with Crippen molar-refractivity contribution in [1.29, 1.82) is 0 Å². The van der Waals surface area contributed by atoms with Gasteiger partial charge in [0, 0.05) is 12.0 Å². The first kappa shape index (κ1) is 11.3. The number of carboxylic acids is 1. The minimum atomic E-state index is -1.14. The molecule has 0 fully saturated rings. The number of aliphatic carboxylic acids is 1. The molecule has 0 amide bonds. The number of rotatable bonds is 3. The Kier molecular flexibility index (Phi) is 2.93. The molecule has 1 aromatic carbocycles. The molecular weight excluding hydrogens is 222 g/mol. The van der Waals surface area contributed by atoms with Crippen LogP contribution < -0.4 is 11.2 Å². The van der Waals surface area contributed by atoms with Gasteiger partial charge in [0.05, 0.1) is 11.6 Å². The lowest BCUT2D eigenvalue weighted by atomic mass is 10.1. The van der Waals surface area contributed by atoms with Crippen molar-refractivity contribution in [2.24, 2.45) is 5.73 Å². The molecule has 17 heavy (non-hydrogen) atoms. The molecule has 1 atom stereocenters. The van der Waals surface area contributed by atoms with Crippen LogP contribution in [0.3, 0.4) is 0 Å². The summed E-state index contributed by atoms with van der Waals surface area (Å²) in [7, 11) is 0. The molecule has 88 valence electrons. The zero-order chi connectivity index (χ0) is 12.4. The van der Waals surface area contributed by atoms with E-state index in [0.29, 0.717) is 11.0 Å². The van der Waals surface area contributed by atoms with E-state index in [1.165, 1.54) is 6.26 Å². The van der Waals surface area contributed by atoms with Gasteiger partial charge in [-0.25, -0.2) is 0 Å². The number of carbonyl (C=O) groups is 1. The second kappa shape index (κ2) is 4.39. The van der Waals surface area contributed by atoms with Crippen molar-refractivity contribution in [2.75, 3.05) is 0 Å². The SMILES string of the molecule is NC(Cc1coc2ccccc2c1=O)C(=O)O. The number of hydrogen-bond donors (Lipinski definition) is 2. The molecule has 0 aliphatic heterocycles. The van der Waals surface area contributed by atoms with Gasteiger partial charge in [-0.3, -0.25) is 9.59 Å². The minimum Gasteiger partial charge on any atom is -0.480 e. The van der Waals surface area contributed by atoms with E-state index in [1.807, 2.05) is 0 Å². The summed E-state index contributed by atoms with van der Waals surface area (Å²) < 4.78 is 5.26. The maximum atomic E-state index is 12.0. The van der Waals surface area contributed by atoms with Crippen LogP contribution in [0.25, 0.3) is 11.0 Å². The second-order valence-electron chi connectivity index (χ2n) is 3.74. The molecule has 1 heterocycles. The monoisotopic (exact) mass is 233 g/mol. The summed E-state index contributed by atoms with van der Waals surface area (Å²) in [4.78, 5) is 22.6. The van der Waals surface area contributed by atoms with Gasteiger partial charge in [-0.15, -0.1) is 0 Å². The largest absolute Gasteiger partial charge is 0.480 e. The number of nitrogens with two attached hydrogens (primary N) is 1. The zero-order valence-electron chi connectivity index (χ0n) is 8.92. The predicted octanol–water partition coefficient (Wildman–Crippen LogP) is 0.747. The summed E-state index contributed by atoms with van der Waals surface area (Å²) in [6, 6.07) is 5.70. The molecule has 0 aliphatic rings. The molecule has 0 bridgehead atoms. The molecule has 2 aromatic rings. The van der Waals surface area contributed by atoms with Gasteiger partial charge in [0.25, 0.3) is 0 Å². The normalized spacial score (nSPS) is 12.5. The van der Waals surface area contributed by atoms with Crippen molar-refractivity contribution in [3.8, 4) is 0 Å². The highest BCUT2D eigenvalue weighted by atomic mass is 16.4. The Morgan fingerprint density at radius 3 is 2.82 bits per heavy atom. The standard InChI is InChI=1S/C12H11NO4/c13-9(12(15)16)5-7-6-17-10-4-2-1-3-8(10)11(7)14/h1-4,6,9H,5,13H2,(H,15,16). The number of carboxylic acid groups (broad SMARTS) is 1. The fraction of sp³-hybridized carbons (Fsp3) is 0.167. The lowest BCUT2D eigenvalue weighted by Crippen LogP contribution is -2.33. The van der Waals surface area contributed by atoms with Crippen LogP contribution in [-0.2, 0) is 11.2 Å². The Hall–Kier alpha value is -2.14. The lowest BCUT2D eigenvalue weighted by molar-refractivity contribution is -0.138. The van der Waals surface area contributed by atoms with Crippen molar-refractivity contribution >= 4 is 16.9 Å². The molecular formula is C12H11NO4. The van der Waals surface area contributed by atoms with Gasteiger partial charge in [-0.1, -0.05) is 12.1 Å². The van der Waals surface area contributed by atoms with E-state index < -0.39 is 12.0 Å². The highest BCUT2D eigenvalue weighted by Crippen LogP contribution is 2.11. The molecule has 0 saturated carbocycles. The maximum absolute atomic E-state index is 12.0. The smallest absolute Gasteiger partial charge is 0.320 e. The quantitative estimate of drug-likeness (QED) is 0.815. The van der Waals surface area contributed by atoms with Crippen LogP contribution in [0.4, 0.5) is 0 Å². The van der Waals surface area contributed by atoms with Gasteiger partial charge >= 0.3 is 5.97 Å². The predicted molar refractivity (Wildman–Crippen MR) is 61.8 cm³/mol. The summed E-state index contributed by atoms with van der Waals surface area (Å²) >= 11 is 0. The topological polar surface area (TPSA) is 93.5 Å². The van der Waals surface area contributed by atoms with E-state index in [-0.39, 0.29) is 17.4 Å². The van der Waals surface area contributed by atoms with Gasteiger partial charge in [0.2, 0.25) is 0 Å². The van der Waals surface area contributed by atoms with Crippen LogP contribution in [0, 0.1) is 0 Å². The van der Waals surface area contributed by atoms with Crippen LogP contribution in [0.2, 0.25) is 0 Å². The van der Waals surface area contributed by atoms with Crippen LogP contribution >= 0.6 is 0 Å². The first-order chi connectivity index (χ1) is 8.09. The summed E-state index contributed by atoms with van der Waals surface area (Å²) in [5, 5.41) is 9.12. The lowest BCUT2D eigenvalue weighted by Gasteiger charge is -2.05. The Morgan fingerprint density at radius 2 is 2.12 bits per heavy atom. The molecule has 0 radical (unpaired) electrons. The average Bonchev–Trinajstić information content (AvgIpc) is 2.33. The molecule has 3 N–H and O–H groups in total. The van der Waals surface area contributed by atoms with E-state index in [4.69, 9.17) is 15.3 Å². The van der Waals surface area contributed by atoms with E-state index in [9.17, 15) is 9.59 Å². The van der Waals surface area contributed by atoms with E-state index in [0.717, 1.165) is 0 Å². The third-order valence-corrected chi connectivity index (χ3v) is 2.51. The molecule has 5 heteroatoms. The summed E-state index contributed by atoms with van der Waals surface area (Å²) in [6.07, 6.45) is 1.23. The van der Waals surface area contributed by atoms with Crippen LogP contribution in [0.5, 0.6) is 0 Å². The highest BCUT2D eigenvalue weighted by Gasteiger charge is 2.15. The van der Waals surface area contributed by atoms with Gasteiger partial charge < -0.3 is 15.3 Å². The molecule has 1 aromatic heterocycles. The highest BCUT2D eigenvalue weighted by molar-refractivity contribution is 5.77. The summed E-state index contributed by atoms with van der Waals surface area (Å²) in [5.74, 6) is -1.14. The van der Waals surface area contributed by atoms with Crippen molar-refractivity contribution in [2.45, 2.75) is 12.5 Å². The van der Waals surface area contributed by atoms with Crippen molar-refractivity contribution in [1.82, 2.24) is 0 Å². The van der Waals surface area contributed by atoms with Gasteiger partial charge in [-0.2, -0.15) is 0 Å². The summed E-state index contributed by atoms with van der Waals surface area (Å²) in [5.41, 5.74) is 5.90. The number of hydrogen-bond acceptors (Lipinski definition) is 4. The van der Waals surface area contributed by atoms with Crippen molar-refractivity contribution in [3.63, 3.8) is 0 Å². The van der Waals surface area contributed by atoms with E-state index >= 15 is 0 Å². The van der Waals surface area contributed by atoms with Crippen LogP contribution in [0.1, 0.15) is 5.56 Å². The Morgan fingerprint density at radius 1 is 1.41 bits per heavy atom. The number of fused-ring (bicyclic) bond motifs is 1. The number of para-hydroxylation sites is 1. The molecule has 0 saturated heterocycles. The maximum Gasteiger partial charge on any atom is 0.320 e. The molecule has 0 aliphatic carbocycles. The second-order valence-corrected chi connectivity index (χ2v) is 3.74. The first-order valence-electron chi connectivity index (χ1n) is 5.07. The van der Waals surface area contributed by atoms with Gasteiger partial charge in [0.1, 0.15) is 11.6 Å². The summed E-state index contributed by atoms with van der Waals surface area (Å²) in [6.45, 7) is 0. The third kappa shape index (κ3) is 2.19. The molecule has 5 nitrogen and oxygen atoms in total. The van der Waals surface area contributed by atoms with E-state index in [2.05, 4.69) is 0 Å². The molecule has 1 unspecified atom stereocenters.